The van der Waals surface area contributed by atoms with Gasteiger partial charge >= 0.3 is 57.5 Å². The van der Waals surface area contributed by atoms with E-state index in [1.807, 2.05) is 0 Å². The number of hydrogen-bond donors (Lipinski definition) is 2. The summed E-state index contributed by atoms with van der Waals surface area (Å²) in [6.07, 6.45) is -1.83. The van der Waals surface area contributed by atoms with Crippen LogP contribution in [0.15, 0.2) is 0 Å². The van der Waals surface area contributed by atoms with E-state index in [0.717, 1.165) is 0 Å². The zero-order valence-corrected chi connectivity index (χ0v) is 7.48. The number of rotatable bonds is 0. The van der Waals surface area contributed by atoms with Gasteiger partial charge in [-0.3, -0.25) is 0 Å². The molecule has 3 nitrogen and oxygen atoms in total. The average molecular weight is 157 g/mol. The van der Waals surface area contributed by atoms with Crippen molar-refractivity contribution in [3.05, 3.63) is 0 Å². The van der Waals surface area contributed by atoms with Crippen molar-refractivity contribution < 1.29 is 84.9 Å². The molecule has 0 aromatic heterocycles. The van der Waals surface area contributed by atoms with E-state index in [2.05, 4.69) is 0 Å². The Hall–Kier alpha value is 1.43. The minimum atomic E-state index is -1.83. The van der Waals surface area contributed by atoms with Gasteiger partial charge in [0.15, 0.2) is 0 Å². The second-order valence-corrected chi connectivity index (χ2v) is 0.283. The van der Waals surface area contributed by atoms with E-state index < -0.39 is 6.16 Å². The maximum absolute atomic E-state index is 8.56. The number of carboxylic acid groups (broad SMARTS) is 2. The zero-order valence-electron chi connectivity index (χ0n) is 4.18. The molecule has 0 saturated heterocycles. The van der Waals surface area contributed by atoms with E-state index >= 15 is 0 Å². The van der Waals surface area contributed by atoms with E-state index in [1.54, 1.807) is 0 Å². The quantitative estimate of drug-likeness (QED) is 0.377. The fraction of sp³-hybridized carbons (Fsp3) is 0. The van der Waals surface area contributed by atoms with Crippen LogP contribution in [0.3, 0.4) is 0 Å². The third-order valence-corrected chi connectivity index (χ3v) is 0. The third kappa shape index (κ3) is 52.3. The van der Waals surface area contributed by atoms with Crippen LogP contribution in [-0.4, -0.2) is 16.4 Å². The molecule has 0 bridgehead atoms. The van der Waals surface area contributed by atoms with Gasteiger partial charge in [0.25, 0.3) is 0 Å². The first kappa shape index (κ1) is 15.7. The summed E-state index contributed by atoms with van der Waals surface area (Å²) in [5.74, 6) is 0. The number of hydrogen-bond acceptors (Lipinski definition) is 1. The minimum Gasteiger partial charge on any atom is -1.00 e. The maximum Gasteiger partial charge on any atom is 1.00 e. The van der Waals surface area contributed by atoms with Gasteiger partial charge in [-0.05, 0) is 0 Å². The molecule has 0 aromatic rings. The fourth-order valence-corrected chi connectivity index (χ4v) is 0. The molecule has 33 valence electrons. The Morgan fingerprint density at radius 3 is 1.50 bits per heavy atom. The molecule has 0 rings (SSSR count). The van der Waals surface area contributed by atoms with E-state index in [-0.39, 0.29) is 69.9 Å². The summed E-state index contributed by atoms with van der Waals surface area (Å²) in [5.41, 5.74) is 0. The predicted octanol–water partition coefficient (Wildman–Crippen LogP) is -2.66. The Kier molecular flexibility index (Phi) is 25.2. The third-order valence-electron chi connectivity index (χ3n) is 0. The van der Waals surface area contributed by atoms with Gasteiger partial charge in [-0.2, -0.15) is 0 Å². The van der Waals surface area contributed by atoms with Crippen LogP contribution in [-0.2, 0) is 17.1 Å². The van der Waals surface area contributed by atoms with Crippen molar-refractivity contribution in [1.82, 2.24) is 0 Å². The van der Waals surface area contributed by atoms with E-state index in [1.165, 1.54) is 0 Å². The van der Waals surface area contributed by atoms with Crippen molar-refractivity contribution in [2.45, 2.75) is 0 Å². The normalized spacial score (nSPS) is 4.00. The smallest absolute Gasteiger partial charge is 1.00 e. The molecule has 2 N–H and O–H groups in total. The monoisotopic (exact) mass is 157 g/mol. The molecule has 6 heavy (non-hydrogen) atoms. The van der Waals surface area contributed by atoms with Crippen molar-refractivity contribution in [1.29, 1.82) is 0 Å². The molecule has 0 saturated carbocycles. The Labute approximate surface area is 89.5 Å². The minimum absolute atomic E-state index is 0. The Balaban J connectivity index is -0.0000000150. The molecule has 0 unspecified atom stereocenters. The van der Waals surface area contributed by atoms with Crippen LogP contribution in [0.5, 0.6) is 0 Å². The molecule has 5 heteroatoms. The molecular weight excluding hydrogens is 154 g/mol. The van der Waals surface area contributed by atoms with E-state index in [4.69, 9.17) is 15.0 Å². The first-order valence-corrected chi connectivity index (χ1v) is 0.651. The van der Waals surface area contributed by atoms with Gasteiger partial charge in [0.1, 0.15) is 0 Å². The van der Waals surface area contributed by atoms with Gasteiger partial charge in [-0.1, -0.05) is 0 Å². The van der Waals surface area contributed by atoms with Crippen molar-refractivity contribution in [3.8, 4) is 0 Å². The second-order valence-electron chi connectivity index (χ2n) is 0.283. The van der Waals surface area contributed by atoms with Crippen LogP contribution in [0.1, 0.15) is 1.43 Å². The first-order chi connectivity index (χ1) is 1.73. The summed E-state index contributed by atoms with van der Waals surface area (Å²) in [4.78, 5) is 8.56. The molecule has 0 fully saturated rings. The first-order valence-electron chi connectivity index (χ1n) is 0.651. The summed E-state index contributed by atoms with van der Waals surface area (Å²) in [6.45, 7) is 0. The SMILES string of the molecule is O=C(O)O.[H-].[K+].[Mn]. The van der Waals surface area contributed by atoms with Crippen molar-refractivity contribution in [2.75, 3.05) is 0 Å². The maximum atomic E-state index is 8.56. The molecule has 0 atom stereocenters. The Morgan fingerprint density at radius 2 is 1.50 bits per heavy atom. The summed E-state index contributed by atoms with van der Waals surface area (Å²) in [7, 11) is 0. The van der Waals surface area contributed by atoms with Crippen LogP contribution >= 0.6 is 0 Å². The standard InChI is InChI=1S/CH2O3.K.Mn.H/c2-1(3)4;;;/h(H2,2,3,4);;;/q;+1;;-1. The molecule has 0 aromatic carbocycles. The molecule has 0 amide bonds. The van der Waals surface area contributed by atoms with Gasteiger partial charge in [0, 0.05) is 17.1 Å². The predicted molar refractivity (Wildman–Crippen MR) is 11.8 cm³/mol. The van der Waals surface area contributed by atoms with Crippen LogP contribution in [0.25, 0.3) is 0 Å². The number of carbonyl (C=O) groups is 1. The molecular formula is CH3KMnO3. The zero-order chi connectivity index (χ0) is 3.58. The van der Waals surface area contributed by atoms with Crippen molar-refractivity contribution in [2.24, 2.45) is 0 Å². The topological polar surface area (TPSA) is 57.5 Å². The molecule has 0 spiro atoms. The van der Waals surface area contributed by atoms with Crippen LogP contribution < -0.4 is 51.4 Å². The molecule has 0 aliphatic heterocycles. The molecule has 1 radical (unpaired) electrons. The van der Waals surface area contributed by atoms with Crippen LogP contribution in [0, 0.1) is 0 Å². The summed E-state index contributed by atoms with van der Waals surface area (Å²) < 4.78 is 0. The van der Waals surface area contributed by atoms with E-state index in [9.17, 15) is 0 Å². The largest absolute Gasteiger partial charge is 1.00 e. The van der Waals surface area contributed by atoms with Crippen LogP contribution in [0.2, 0.25) is 0 Å². The second kappa shape index (κ2) is 9.66. The Bertz CT molecular complexity index is 37.9. The summed E-state index contributed by atoms with van der Waals surface area (Å²) in [6, 6.07) is 0. The van der Waals surface area contributed by atoms with Gasteiger partial charge in [0.2, 0.25) is 0 Å². The Morgan fingerprint density at radius 1 is 1.50 bits per heavy atom. The molecule has 0 aliphatic rings. The van der Waals surface area contributed by atoms with E-state index in [0.29, 0.717) is 0 Å². The fourth-order valence-electron chi connectivity index (χ4n) is 0. The van der Waals surface area contributed by atoms with Gasteiger partial charge in [-0.25, -0.2) is 4.79 Å². The molecule has 0 aliphatic carbocycles. The van der Waals surface area contributed by atoms with Gasteiger partial charge in [0.05, 0.1) is 0 Å². The average Bonchev–Trinajstić information content (AvgIpc) is 0.811. The summed E-state index contributed by atoms with van der Waals surface area (Å²) in [5, 5.41) is 13.9. The van der Waals surface area contributed by atoms with Gasteiger partial charge in [-0.15, -0.1) is 0 Å². The van der Waals surface area contributed by atoms with Gasteiger partial charge < -0.3 is 11.6 Å². The van der Waals surface area contributed by atoms with Crippen molar-refractivity contribution in [3.63, 3.8) is 0 Å². The summed E-state index contributed by atoms with van der Waals surface area (Å²) >= 11 is 0. The molecule has 0 heterocycles. The van der Waals surface area contributed by atoms with Crippen molar-refractivity contribution >= 4 is 6.16 Å². The van der Waals surface area contributed by atoms with Crippen LogP contribution in [0.4, 0.5) is 4.79 Å².